The molecule has 4 rings (SSSR count). The van der Waals surface area contributed by atoms with E-state index in [1.165, 1.54) is 75.3 Å². The van der Waals surface area contributed by atoms with Crippen molar-refractivity contribution in [3.05, 3.63) is 35.4 Å². The number of carboxylic acids is 2. The molecule has 2 aliphatic carbocycles. The Labute approximate surface area is 190 Å². The molecule has 0 unspecified atom stereocenters. The summed E-state index contributed by atoms with van der Waals surface area (Å²) in [6.07, 6.45) is 14.3. The second-order valence-electron chi connectivity index (χ2n) is 9.20. The smallest absolute Gasteiger partial charge is 0.414 e. The summed E-state index contributed by atoms with van der Waals surface area (Å²) < 4.78 is 0. The minimum absolute atomic E-state index is 0.357. The van der Waals surface area contributed by atoms with Gasteiger partial charge in [0.1, 0.15) is 0 Å². The molecule has 32 heavy (non-hydrogen) atoms. The fraction of sp³-hybridized carbons (Fsp3) is 0.640. The van der Waals surface area contributed by atoms with Gasteiger partial charge in [-0.1, -0.05) is 62.8 Å². The van der Waals surface area contributed by atoms with E-state index in [1.54, 1.807) is 0 Å². The summed E-state index contributed by atoms with van der Waals surface area (Å²) in [4.78, 5) is 36.1. The van der Waals surface area contributed by atoms with Crippen molar-refractivity contribution in [2.45, 2.75) is 89.3 Å². The fourth-order valence-corrected chi connectivity index (χ4v) is 5.35. The van der Waals surface area contributed by atoms with E-state index in [0.29, 0.717) is 24.5 Å². The topological polar surface area (TPSA) is 98.2 Å². The van der Waals surface area contributed by atoms with Gasteiger partial charge in [0.05, 0.1) is 6.54 Å². The summed E-state index contributed by atoms with van der Waals surface area (Å²) >= 11 is 0. The lowest BCUT2D eigenvalue weighted by atomic mass is 9.88. The first kappa shape index (κ1) is 24.2. The molecule has 1 aliphatic heterocycles. The maximum atomic E-state index is 13.2. The number of carboxylic acid groups (broad SMARTS) is 2. The highest BCUT2D eigenvalue weighted by Crippen LogP contribution is 2.30. The Bertz CT molecular complexity index is 754. The van der Waals surface area contributed by atoms with Crippen LogP contribution in [-0.2, 0) is 27.3 Å². The summed E-state index contributed by atoms with van der Waals surface area (Å²) in [5.74, 6) is -3.29. The van der Waals surface area contributed by atoms with Crippen LogP contribution in [0.4, 0.5) is 0 Å². The zero-order valence-corrected chi connectivity index (χ0v) is 18.9. The number of carbonyl (C=O) groups is 3. The number of fused-ring (bicyclic) bond motifs is 1. The van der Waals surface area contributed by atoms with Crippen molar-refractivity contribution in [2.75, 3.05) is 13.1 Å². The molecule has 0 atom stereocenters. The molecule has 1 aromatic rings. The first-order chi connectivity index (χ1) is 15.5. The van der Waals surface area contributed by atoms with Crippen LogP contribution in [0.15, 0.2) is 24.3 Å². The first-order valence-corrected chi connectivity index (χ1v) is 12.0. The number of aliphatic carboxylic acids is 2. The molecule has 0 saturated heterocycles. The van der Waals surface area contributed by atoms with E-state index < -0.39 is 11.9 Å². The normalized spacial score (nSPS) is 19.6. The van der Waals surface area contributed by atoms with Crippen LogP contribution in [0.1, 0.15) is 75.3 Å². The number of benzene rings is 1. The van der Waals surface area contributed by atoms with E-state index in [0.717, 1.165) is 19.5 Å². The van der Waals surface area contributed by atoms with Gasteiger partial charge in [-0.15, -0.1) is 0 Å². The Balaban J connectivity index is 0.000000427. The number of hydrogen-bond donors (Lipinski definition) is 2. The summed E-state index contributed by atoms with van der Waals surface area (Å²) in [6, 6.07) is 9.91. The Morgan fingerprint density at radius 1 is 0.812 bits per heavy atom. The van der Waals surface area contributed by atoms with Crippen LogP contribution in [0.5, 0.6) is 0 Å². The lowest BCUT2D eigenvalue weighted by molar-refractivity contribution is -0.159. The molecule has 2 N–H and O–H groups in total. The van der Waals surface area contributed by atoms with Crippen molar-refractivity contribution < 1.29 is 24.6 Å². The number of amides is 1. The molecule has 2 fully saturated rings. The van der Waals surface area contributed by atoms with E-state index in [1.807, 2.05) is 0 Å². The van der Waals surface area contributed by atoms with Gasteiger partial charge in [0.2, 0.25) is 5.91 Å². The maximum absolute atomic E-state index is 13.2. The van der Waals surface area contributed by atoms with Gasteiger partial charge in [-0.05, 0) is 43.2 Å². The van der Waals surface area contributed by atoms with Crippen molar-refractivity contribution in [1.82, 2.24) is 9.80 Å². The van der Waals surface area contributed by atoms with Crippen LogP contribution in [0.25, 0.3) is 0 Å². The van der Waals surface area contributed by atoms with Crippen molar-refractivity contribution in [2.24, 2.45) is 0 Å². The van der Waals surface area contributed by atoms with Crippen molar-refractivity contribution in [3.8, 4) is 0 Å². The average molecular weight is 445 g/mol. The van der Waals surface area contributed by atoms with Crippen LogP contribution < -0.4 is 0 Å². The number of hydrogen-bond acceptors (Lipinski definition) is 4. The monoisotopic (exact) mass is 444 g/mol. The lowest BCUT2D eigenvalue weighted by Crippen LogP contribution is -2.51. The third-order valence-corrected chi connectivity index (χ3v) is 7.07. The second-order valence-corrected chi connectivity index (χ2v) is 9.20. The summed E-state index contributed by atoms with van der Waals surface area (Å²) in [6.45, 7) is 2.34. The van der Waals surface area contributed by atoms with E-state index in [9.17, 15) is 4.79 Å². The van der Waals surface area contributed by atoms with Gasteiger partial charge in [0, 0.05) is 25.2 Å². The van der Waals surface area contributed by atoms with Crippen LogP contribution in [0.3, 0.4) is 0 Å². The highest BCUT2D eigenvalue weighted by Gasteiger charge is 2.32. The predicted octanol–water partition coefficient (Wildman–Crippen LogP) is 3.69. The predicted molar refractivity (Wildman–Crippen MR) is 121 cm³/mol. The SMILES string of the molecule is O=C(CN(C1CCCCC1)C1CCCCC1)N1CCc2ccccc2C1.O=C(O)C(=O)O. The van der Waals surface area contributed by atoms with Crippen molar-refractivity contribution in [3.63, 3.8) is 0 Å². The molecule has 1 amide bonds. The van der Waals surface area contributed by atoms with Crippen molar-refractivity contribution in [1.29, 1.82) is 0 Å². The van der Waals surface area contributed by atoms with Crippen molar-refractivity contribution >= 4 is 17.8 Å². The van der Waals surface area contributed by atoms with E-state index in [-0.39, 0.29) is 0 Å². The molecular formula is C25H36N2O5. The molecule has 0 spiro atoms. The zero-order valence-electron chi connectivity index (χ0n) is 18.9. The Morgan fingerprint density at radius 3 is 1.81 bits per heavy atom. The van der Waals surface area contributed by atoms with E-state index in [4.69, 9.17) is 19.8 Å². The molecule has 7 heteroatoms. The molecule has 3 aliphatic rings. The molecule has 0 aromatic heterocycles. The fourth-order valence-electron chi connectivity index (χ4n) is 5.35. The third-order valence-electron chi connectivity index (χ3n) is 7.07. The number of nitrogens with zero attached hydrogens (tertiary/aromatic N) is 2. The molecular weight excluding hydrogens is 408 g/mol. The molecule has 1 heterocycles. The lowest BCUT2D eigenvalue weighted by Gasteiger charge is -2.42. The molecule has 176 valence electrons. The highest BCUT2D eigenvalue weighted by molar-refractivity contribution is 6.27. The Kier molecular flexibility index (Phi) is 9.09. The van der Waals surface area contributed by atoms with Gasteiger partial charge in [-0.2, -0.15) is 0 Å². The van der Waals surface area contributed by atoms with Gasteiger partial charge in [-0.3, -0.25) is 9.69 Å². The van der Waals surface area contributed by atoms with Gasteiger partial charge < -0.3 is 15.1 Å². The summed E-state index contributed by atoms with van der Waals surface area (Å²) in [7, 11) is 0. The largest absolute Gasteiger partial charge is 0.473 e. The first-order valence-electron chi connectivity index (χ1n) is 12.0. The van der Waals surface area contributed by atoms with Crippen LogP contribution in [0.2, 0.25) is 0 Å². The van der Waals surface area contributed by atoms with Gasteiger partial charge in [-0.25, -0.2) is 9.59 Å². The zero-order chi connectivity index (χ0) is 22.9. The van der Waals surface area contributed by atoms with Gasteiger partial charge in [0.15, 0.2) is 0 Å². The molecule has 1 aromatic carbocycles. The minimum atomic E-state index is -1.82. The van der Waals surface area contributed by atoms with Crippen LogP contribution in [-0.4, -0.2) is 63.0 Å². The third kappa shape index (κ3) is 6.79. The van der Waals surface area contributed by atoms with E-state index >= 15 is 0 Å². The number of rotatable bonds is 4. The maximum Gasteiger partial charge on any atom is 0.414 e. The number of carbonyl (C=O) groups excluding carboxylic acids is 1. The molecule has 0 bridgehead atoms. The quantitative estimate of drug-likeness (QED) is 0.688. The van der Waals surface area contributed by atoms with Gasteiger partial charge in [0.25, 0.3) is 0 Å². The Hall–Kier alpha value is -2.41. The van der Waals surface area contributed by atoms with Gasteiger partial charge >= 0.3 is 11.9 Å². The summed E-state index contributed by atoms with van der Waals surface area (Å²) in [5, 5.41) is 14.8. The highest BCUT2D eigenvalue weighted by atomic mass is 16.4. The molecule has 2 saturated carbocycles. The molecule has 0 radical (unpaired) electrons. The molecule has 7 nitrogen and oxygen atoms in total. The summed E-state index contributed by atoms with van der Waals surface area (Å²) in [5.41, 5.74) is 2.77. The van der Waals surface area contributed by atoms with E-state index in [2.05, 4.69) is 34.1 Å². The second kappa shape index (κ2) is 12.0. The van der Waals surface area contributed by atoms with Crippen LogP contribution >= 0.6 is 0 Å². The van der Waals surface area contributed by atoms with Crippen LogP contribution in [0, 0.1) is 0 Å². The average Bonchev–Trinajstić information content (AvgIpc) is 2.83. The minimum Gasteiger partial charge on any atom is -0.473 e. The Morgan fingerprint density at radius 2 is 1.31 bits per heavy atom. The standard InChI is InChI=1S/C23H34N2O.C2H2O4/c26-23(24-16-15-19-9-7-8-10-20(19)17-24)18-25(21-11-3-1-4-12-21)22-13-5-2-6-14-22;3-1(4)2(5)6/h7-10,21-22H,1-6,11-18H2;(H,3,4)(H,5,6).